The lowest BCUT2D eigenvalue weighted by Crippen LogP contribution is -2.23. The van der Waals surface area contributed by atoms with E-state index in [1.807, 2.05) is 62.4 Å². The number of aromatic nitrogens is 6. The molecule has 31 heavy (non-hydrogen) atoms. The molecule has 0 atom stereocenters. The van der Waals surface area contributed by atoms with Crippen LogP contribution in [0.2, 0.25) is 5.02 Å². The Labute approximate surface area is 183 Å². The number of benzene rings is 2. The van der Waals surface area contributed by atoms with Gasteiger partial charge in [-0.3, -0.25) is 9.36 Å². The first kappa shape index (κ1) is 19.4. The van der Waals surface area contributed by atoms with Crippen LogP contribution in [0.5, 0.6) is 0 Å². The number of hydrogen-bond donors (Lipinski definition) is 0. The van der Waals surface area contributed by atoms with Gasteiger partial charge in [0, 0.05) is 5.02 Å². The topological polar surface area (TPSA) is 78.0 Å². The summed E-state index contributed by atoms with van der Waals surface area (Å²) >= 11 is 6.05. The molecule has 0 saturated heterocycles. The Bertz CT molecular complexity index is 1470. The summed E-state index contributed by atoms with van der Waals surface area (Å²) in [6.45, 7) is 4.47. The summed E-state index contributed by atoms with van der Waals surface area (Å²) in [5, 5.41) is 14.0. The molecule has 0 radical (unpaired) electrons. The second kappa shape index (κ2) is 7.59. The van der Waals surface area contributed by atoms with Gasteiger partial charge >= 0.3 is 0 Å². The van der Waals surface area contributed by atoms with Crippen molar-refractivity contribution in [2.45, 2.75) is 26.8 Å². The molecule has 0 fully saturated rings. The normalized spacial score (nSPS) is 11.5. The van der Waals surface area contributed by atoms with Crippen LogP contribution in [0.3, 0.4) is 0 Å². The van der Waals surface area contributed by atoms with Crippen molar-refractivity contribution in [3.8, 4) is 11.1 Å². The third kappa shape index (κ3) is 3.37. The first-order valence-corrected chi connectivity index (χ1v) is 10.4. The molecular formula is C23H19ClN6O. The van der Waals surface area contributed by atoms with E-state index in [1.54, 1.807) is 10.8 Å². The van der Waals surface area contributed by atoms with E-state index in [2.05, 4.69) is 15.2 Å². The van der Waals surface area contributed by atoms with Crippen LogP contribution in [-0.2, 0) is 13.0 Å². The molecule has 0 amide bonds. The average Bonchev–Trinajstić information content (AvgIpc) is 3.17. The van der Waals surface area contributed by atoms with E-state index in [1.165, 1.54) is 10.1 Å². The molecule has 0 N–H and O–H groups in total. The zero-order valence-corrected chi connectivity index (χ0v) is 17.8. The zero-order valence-electron chi connectivity index (χ0n) is 17.1. The second-order valence-electron chi connectivity index (χ2n) is 7.45. The maximum atomic E-state index is 13.1. The van der Waals surface area contributed by atoms with E-state index < -0.39 is 0 Å². The van der Waals surface area contributed by atoms with E-state index in [0.29, 0.717) is 29.3 Å². The fourth-order valence-corrected chi connectivity index (χ4v) is 3.79. The van der Waals surface area contributed by atoms with Gasteiger partial charge in [0.2, 0.25) is 0 Å². The molecule has 5 aromatic rings. The van der Waals surface area contributed by atoms with E-state index in [4.69, 9.17) is 16.7 Å². The molecule has 5 rings (SSSR count). The predicted octanol–water partition coefficient (Wildman–Crippen LogP) is 4.07. The van der Waals surface area contributed by atoms with Gasteiger partial charge in [0.05, 0.1) is 17.8 Å². The van der Waals surface area contributed by atoms with E-state index >= 15 is 0 Å². The van der Waals surface area contributed by atoms with Crippen molar-refractivity contribution >= 4 is 28.4 Å². The molecule has 0 aliphatic heterocycles. The summed E-state index contributed by atoms with van der Waals surface area (Å²) < 4.78 is 3.15. The lowest BCUT2D eigenvalue weighted by Gasteiger charge is -2.07. The van der Waals surface area contributed by atoms with Crippen molar-refractivity contribution in [2.75, 3.05) is 0 Å². The smallest absolute Gasteiger partial charge is 0.283 e. The van der Waals surface area contributed by atoms with Crippen LogP contribution in [0, 0.1) is 6.92 Å². The van der Waals surface area contributed by atoms with Crippen molar-refractivity contribution in [1.29, 1.82) is 0 Å². The van der Waals surface area contributed by atoms with Crippen molar-refractivity contribution in [3.05, 3.63) is 87.1 Å². The second-order valence-corrected chi connectivity index (χ2v) is 7.89. The summed E-state index contributed by atoms with van der Waals surface area (Å²) in [6, 6.07) is 15.6. The van der Waals surface area contributed by atoms with E-state index in [-0.39, 0.29) is 11.1 Å². The minimum Gasteiger partial charge on any atom is -0.293 e. The third-order valence-corrected chi connectivity index (χ3v) is 5.57. The van der Waals surface area contributed by atoms with Gasteiger partial charge in [0.1, 0.15) is 6.33 Å². The number of aryl methyl sites for hydroxylation is 2. The highest BCUT2D eigenvalue weighted by atomic mass is 35.5. The first-order valence-electron chi connectivity index (χ1n) is 10.00. The van der Waals surface area contributed by atoms with Gasteiger partial charge < -0.3 is 0 Å². The van der Waals surface area contributed by atoms with Crippen LogP contribution >= 0.6 is 11.6 Å². The molecule has 0 aliphatic carbocycles. The highest BCUT2D eigenvalue weighted by Gasteiger charge is 2.19. The lowest BCUT2D eigenvalue weighted by atomic mass is 10.0. The quantitative estimate of drug-likeness (QED) is 0.429. The van der Waals surface area contributed by atoms with Crippen LogP contribution < -0.4 is 5.56 Å². The fraction of sp³-hybridized carbons (Fsp3) is 0.174. The Balaban J connectivity index is 1.67. The van der Waals surface area contributed by atoms with Crippen LogP contribution in [0.15, 0.2) is 59.7 Å². The van der Waals surface area contributed by atoms with Gasteiger partial charge in [0.15, 0.2) is 16.8 Å². The Morgan fingerprint density at radius 3 is 2.42 bits per heavy atom. The van der Waals surface area contributed by atoms with Crippen molar-refractivity contribution in [3.63, 3.8) is 0 Å². The number of halogens is 1. The minimum absolute atomic E-state index is 0.190. The molecule has 0 aliphatic rings. The highest BCUT2D eigenvalue weighted by molar-refractivity contribution is 6.30. The van der Waals surface area contributed by atoms with E-state index in [0.717, 1.165) is 22.4 Å². The molecule has 3 aromatic heterocycles. The number of hydrogen-bond acceptors (Lipinski definition) is 5. The maximum Gasteiger partial charge on any atom is 0.283 e. The van der Waals surface area contributed by atoms with Crippen LogP contribution in [0.4, 0.5) is 0 Å². The number of nitrogens with zero attached hydrogens (tertiary/aromatic N) is 6. The van der Waals surface area contributed by atoms with Gasteiger partial charge in [-0.2, -0.15) is 9.61 Å². The molecule has 0 saturated carbocycles. The summed E-state index contributed by atoms with van der Waals surface area (Å²) in [5.41, 5.74) is 5.76. The number of fused-ring (bicyclic) bond motifs is 3. The summed E-state index contributed by atoms with van der Waals surface area (Å²) in [7, 11) is 0. The monoisotopic (exact) mass is 430 g/mol. The maximum absolute atomic E-state index is 13.1. The predicted molar refractivity (Wildman–Crippen MR) is 120 cm³/mol. The van der Waals surface area contributed by atoms with Crippen LogP contribution in [0.25, 0.3) is 27.9 Å². The Morgan fingerprint density at radius 2 is 1.71 bits per heavy atom. The van der Waals surface area contributed by atoms with Gasteiger partial charge in [0.25, 0.3) is 5.56 Å². The lowest BCUT2D eigenvalue weighted by molar-refractivity contribution is 0.736. The summed E-state index contributed by atoms with van der Waals surface area (Å²) in [5.74, 6) is 0. The fourth-order valence-electron chi connectivity index (χ4n) is 3.67. The van der Waals surface area contributed by atoms with Crippen LogP contribution in [-0.4, -0.2) is 29.4 Å². The van der Waals surface area contributed by atoms with Crippen molar-refractivity contribution < 1.29 is 0 Å². The van der Waals surface area contributed by atoms with Crippen LogP contribution in [0.1, 0.15) is 23.7 Å². The molecule has 7 nitrogen and oxygen atoms in total. The van der Waals surface area contributed by atoms with Gasteiger partial charge in [-0.15, -0.1) is 10.2 Å². The number of rotatable bonds is 4. The molecule has 0 spiro atoms. The summed E-state index contributed by atoms with van der Waals surface area (Å²) in [6.07, 6.45) is 2.24. The van der Waals surface area contributed by atoms with Gasteiger partial charge in [-0.05, 0) is 36.6 Å². The summed E-state index contributed by atoms with van der Waals surface area (Å²) in [4.78, 5) is 17.6. The zero-order chi connectivity index (χ0) is 21.5. The molecule has 154 valence electrons. The third-order valence-electron chi connectivity index (χ3n) is 5.31. The SMILES string of the molecule is CCc1nn2c(nnc3c(=O)n(Cc4ccc(C)cc4)cnc32)c1-c1ccc(Cl)cc1. The molecule has 0 unspecified atom stereocenters. The first-order chi connectivity index (χ1) is 15.0. The highest BCUT2D eigenvalue weighted by Crippen LogP contribution is 2.29. The molecule has 3 heterocycles. The molecule has 8 heteroatoms. The molecular weight excluding hydrogens is 412 g/mol. The minimum atomic E-state index is -0.249. The largest absolute Gasteiger partial charge is 0.293 e. The van der Waals surface area contributed by atoms with E-state index in [9.17, 15) is 4.79 Å². The molecule has 0 bridgehead atoms. The van der Waals surface area contributed by atoms with Gasteiger partial charge in [-0.1, -0.05) is 60.5 Å². The van der Waals surface area contributed by atoms with Crippen molar-refractivity contribution in [2.24, 2.45) is 0 Å². The Kier molecular flexibility index (Phi) is 4.75. The molecule has 2 aromatic carbocycles. The standard InChI is InChI=1S/C23H19ClN6O/c1-3-18-19(16-8-10-17(24)11-9-16)21-27-26-20-22(30(21)28-18)25-13-29(23(20)31)12-15-6-4-14(2)5-7-15/h4-11,13H,3,12H2,1-2H3. The van der Waals surface area contributed by atoms with Crippen molar-refractivity contribution in [1.82, 2.24) is 29.4 Å². The Morgan fingerprint density at radius 1 is 0.968 bits per heavy atom. The van der Waals surface area contributed by atoms with Gasteiger partial charge in [-0.25, -0.2) is 4.98 Å². The average molecular weight is 431 g/mol. The Hall–Kier alpha value is -3.58.